The van der Waals surface area contributed by atoms with Crippen molar-refractivity contribution in [3.05, 3.63) is 81.8 Å². The highest BCUT2D eigenvalue weighted by Gasteiger charge is 2.34. The fourth-order valence-electron chi connectivity index (χ4n) is 3.14. The fraction of sp³-hybridized carbons (Fsp3) is 0.500. The van der Waals surface area contributed by atoms with Crippen LogP contribution in [0.4, 0.5) is 0 Å². The lowest BCUT2D eigenvalue weighted by atomic mass is 10.0. The van der Waals surface area contributed by atoms with E-state index in [1.807, 2.05) is 81.6 Å². The van der Waals surface area contributed by atoms with E-state index in [-0.39, 0.29) is 24.6 Å². The fourth-order valence-corrected chi connectivity index (χ4v) is 4.71. The summed E-state index contributed by atoms with van der Waals surface area (Å²) in [5.74, 6) is 1.05. The third-order valence-electron chi connectivity index (χ3n) is 4.65. The molecular weight excluding hydrogens is 545 g/mol. The van der Waals surface area contributed by atoms with Crippen molar-refractivity contribution in [2.75, 3.05) is 19.0 Å². The third kappa shape index (κ3) is 16.4. The van der Waals surface area contributed by atoms with Crippen molar-refractivity contribution in [2.45, 2.75) is 79.1 Å². The second kappa shape index (κ2) is 23.9. The van der Waals surface area contributed by atoms with Crippen molar-refractivity contribution >= 4 is 52.5 Å². The molecule has 1 aliphatic rings. The first-order chi connectivity index (χ1) is 17.7. The zero-order chi connectivity index (χ0) is 28.8. The highest BCUT2D eigenvalue weighted by atomic mass is 35.5. The van der Waals surface area contributed by atoms with Crippen LogP contribution in [0.15, 0.2) is 61.2 Å². The molecule has 0 spiro atoms. The van der Waals surface area contributed by atoms with E-state index in [9.17, 15) is 4.79 Å². The van der Waals surface area contributed by atoms with Crippen LogP contribution in [0.2, 0.25) is 15.1 Å². The number of carbonyl (C=O) groups excluding carboxylic acids is 1. The van der Waals surface area contributed by atoms with Crippen molar-refractivity contribution in [3.63, 3.8) is 0 Å². The Hall–Kier alpha value is -1.17. The zero-order valence-corrected chi connectivity index (χ0v) is 26.9. The quantitative estimate of drug-likeness (QED) is 0.313. The van der Waals surface area contributed by atoms with Crippen LogP contribution in [0.5, 0.6) is 0 Å². The van der Waals surface area contributed by atoms with E-state index >= 15 is 0 Å². The topological polar surface area (TPSA) is 29.5 Å². The Bertz CT molecular complexity index is 830. The van der Waals surface area contributed by atoms with Gasteiger partial charge in [0.2, 0.25) is 5.91 Å². The Morgan fingerprint density at radius 1 is 1.03 bits per heavy atom. The van der Waals surface area contributed by atoms with Gasteiger partial charge in [-0.3, -0.25) is 4.79 Å². The molecule has 7 heteroatoms. The average Bonchev–Trinajstić information content (AvgIpc) is 2.88. The van der Waals surface area contributed by atoms with Crippen LogP contribution < -0.4 is 0 Å². The monoisotopic (exact) mass is 589 g/mol. The minimum atomic E-state index is -0.0174. The van der Waals surface area contributed by atoms with Crippen LogP contribution in [0.1, 0.15) is 73.4 Å². The number of halogens is 3. The van der Waals surface area contributed by atoms with Crippen LogP contribution in [-0.4, -0.2) is 41.1 Å². The van der Waals surface area contributed by atoms with Crippen molar-refractivity contribution in [1.82, 2.24) is 4.90 Å². The summed E-state index contributed by atoms with van der Waals surface area (Å²) in [6.07, 6.45) is 2.70. The molecule has 0 bridgehead atoms. The Morgan fingerprint density at radius 3 is 1.95 bits per heavy atom. The molecule has 0 radical (unpaired) electrons. The van der Waals surface area contributed by atoms with Crippen molar-refractivity contribution in [3.8, 4) is 0 Å². The minimum Gasteiger partial charge on any atom is -0.369 e. The summed E-state index contributed by atoms with van der Waals surface area (Å²) >= 11 is 19.0. The zero-order valence-electron chi connectivity index (χ0n) is 23.8. The normalized spacial score (nSPS) is 14.9. The number of hydrogen-bond acceptors (Lipinski definition) is 3. The third-order valence-corrected chi connectivity index (χ3v) is 6.62. The van der Waals surface area contributed by atoms with Crippen LogP contribution in [0.25, 0.3) is 0 Å². The van der Waals surface area contributed by atoms with Crippen LogP contribution in [0, 0.1) is 0 Å². The average molecular weight is 591 g/mol. The molecule has 0 saturated carbocycles. The maximum atomic E-state index is 12.5. The molecule has 0 aromatic heterocycles. The van der Waals surface area contributed by atoms with E-state index in [2.05, 4.69) is 27.4 Å². The molecule has 2 atom stereocenters. The maximum Gasteiger partial charge on any atom is 0.249 e. The van der Waals surface area contributed by atoms with Gasteiger partial charge >= 0.3 is 0 Å². The van der Waals surface area contributed by atoms with E-state index in [1.165, 1.54) is 0 Å². The van der Waals surface area contributed by atoms with E-state index in [0.29, 0.717) is 26.9 Å². The van der Waals surface area contributed by atoms with E-state index in [0.717, 1.165) is 17.7 Å². The number of hydrogen-bond donors (Lipinski definition) is 0. The van der Waals surface area contributed by atoms with Crippen LogP contribution in [-0.2, 0) is 9.53 Å². The van der Waals surface area contributed by atoms with Crippen molar-refractivity contribution in [1.29, 1.82) is 0 Å². The van der Waals surface area contributed by atoms with E-state index in [4.69, 9.17) is 39.5 Å². The number of benzene rings is 2. The summed E-state index contributed by atoms with van der Waals surface area (Å²) in [6, 6.07) is 15.0. The van der Waals surface area contributed by atoms with Gasteiger partial charge in [-0.05, 0) is 54.5 Å². The number of thioether (sulfide) groups is 1. The molecule has 0 N–H and O–H groups in total. The molecule has 1 aliphatic heterocycles. The minimum absolute atomic E-state index is 0.0174. The van der Waals surface area contributed by atoms with Gasteiger partial charge in [0.25, 0.3) is 0 Å². The van der Waals surface area contributed by atoms with Crippen LogP contribution in [0.3, 0.4) is 0 Å². The smallest absolute Gasteiger partial charge is 0.249 e. The highest BCUT2D eigenvalue weighted by Crippen LogP contribution is 2.30. The summed E-state index contributed by atoms with van der Waals surface area (Å²) < 4.78 is 5.50. The summed E-state index contributed by atoms with van der Waals surface area (Å²) in [5.41, 5.74) is 1.09. The Kier molecular flexibility index (Phi) is 24.5. The summed E-state index contributed by atoms with van der Waals surface area (Å²) in [7, 11) is 0. The standard InChI is InChI=1S/C17H24ClNO2S.C6H4Cl2.C3H6.2C2H6/c1-4-15(11-22-12(2)3)19-16(9-21-10-17(19)20)13-5-7-14(18)8-6-13;7-5-2-1-3-6(8)4-5;1-3-2;2*1-2/h5-8,12,15-16H,4,9-11H2,1-3H3;1-4H;3H,1H2,2H3;2*1-2H3/t15?,16-;;;;/m0..../s1. The van der Waals surface area contributed by atoms with Gasteiger partial charge in [0, 0.05) is 26.9 Å². The first-order valence-corrected chi connectivity index (χ1v) is 15.2. The first kappa shape index (κ1) is 38.0. The molecule has 1 heterocycles. The SMILES string of the molecule is C=CC.CC.CC.CCC(CSC(C)C)N1C(=O)COC[C@H]1c1ccc(Cl)cc1.Clc1cccc(Cl)c1. The molecule has 1 saturated heterocycles. The van der Waals surface area contributed by atoms with Gasteiger partial charge in [0.15, 0.2) is 0 Å². The number of ether oxygens (including phenoxy) is 1. The van der Waals surface area contributed by atoms with E-state index in [1.54, 1.807) is 24.3 Å². The predicted molar refractivity (Wildman–Crippen MR) is 169 cm³/mol. The lowest BCUT2D eigenvalue weighted by Gasteiger charge is -2.41. The molecule has 3 nitrogen and oxygen atoms in total. The lowest BCUT2D eigenvalue weighted by molar-refractivity contribution is -0.151. The molecule has 2 aromatic rings. The number of morpholine rings is 1. The van der Waals surface area contributed by atoms with Crippen LogP contribution >= 0.6 is 46.6 Å². The van der Waals surface area contributed by atoms with Gasteiger partial charge in [0.1, 0.15) is 6.61 Å². The van der Waals surface area contributed by atoms with Gasteiger partial charge < -0.3 is 9.64 Å². The molecule has 1 amide bonds. The number of nitrogens with zero attached hydrogens (tertiary/aromatic N) is 1. The second-order valence-electron chi connectivity index (χ2n) is 7.68. The Morgan fingerprint density at radius 2 is 1.54 bits per heavy atom. The lowest BCUT2D eigenvalue weighted by Crippen LogP contribution is -2.50. The maximum absolute atomic E-state index is 12.5. The molecule has 1 fully saturated rings. The van der Waals surface area contributed by atoms with Gasteiger partial charge in [-0.2, -0.15) is 11.8 Å². The number of carbonyl (C=O) groups is 1. The molecule has 210 valence electrons. The second-order valence-corrected chi connectivity index (χ2v) is 10.6. The molecule has 0 aliphatic carbocycles. The van der Waals surface area contributed by atoms with Gasteiger partial charge in [-0.15, -0.1) is 6.58 Å². The predicted octanol–water partition coefficient (Wildman–Crippen LogP) is 10.4. The van der Waals surface area contributed by atoms with Gasteiger partial charge in [0.05, 0.1) is 12.6 Å². The van der Waals surface area contributed by atoms with Crippen molar-refractivity contribution in [2.24, 2.45) is 0 Å². The first-order valence-electron chi connectivity index (χ1n) is 13.0. The van der Waals surface area contributed by atoms with Gasteiger partial charge in [-0.25, -0.2) is 0 Å². The van der Waals surface area contributed by atoms with E-state index < -0.39 is 0 Å². The summed E-state index contributed by atoms with van der Waals surface area (Å²) in [6.45, 7) is 20.5. The van der Waals surface area contributed by atoms with Crippen molar-refractivity contribution < 1.29 is 9.53 Å². The number of allylic oxidation sites excluding steroid dienone is 1. The molecule has 2 aromatic carbocycles. The Labute approximate surface area is 245 Å². The highest BCUT2D eigenvalue weighted by molar-refractivity contribution is 7.99. The van der Waals surface area contributed by atoms with Gasteiger partial charge in [-0.1, -0.05) is 108 Å². The molecule has 37 heavy (non-hydrogen) atoms. The largest absolute Gasteiger partial charge is 0.369 e. The number of rotatable bonds is 6. The molecular formula is C30H46Cl3NO2S. The molecule has 1 unspecified atom stereocenters. The Balaban J connectivity index is 0. The number of amides is 1. The molecule has 3 rings (SSSR count). The summed E-state index contributed by atoms with van der Waals surface area (Å²) in [5, 5.41) is 2.63. The summed E-state index contributed by atoms with van der Waals surface area (Å²) in [4.78, 5) is 14.5.